The summed E-state index contributed by atoms with van der Waals surface area (Å²) in [6.07, 6.45) is 0. The van der Waals surface area contributed by atoms with Crippen LogP contribution in [0.25, 0.3) is 27.2 Å². The number of thioether (sulfide) groups is 1. The number of aromatic nitrogens is 2. The first kappa shape index (κ1) is 20.5. The summed E-state index contributed by atoms with van der Waals surface area (Å²) in [4.78, 5) is 31.8. The number of hydrogen-bond donors (Lipinski definition) is 0. The predicted molar refractivity (Wildman–Crippen MR) is 129 cm³/mol. The number of furan rings is 1. The summed E-state index contributed by atoms with van der Waals surface area (Å²) in [5.41, 5.74) is 1.90. The molecule has 0 radical (unpaired) electrons. The Hall–Kier alpha value is -3.42. The normalized spacial score (nSPS) is 11.2. The number of fused-ring (bicyclic) bond motifs is 1. The zero-order valence-electron chi connectivity index (χ0n) is 17.1. The molecule has 0 N–H and O–H groups in total. The molecule has 7 heteroatoms. The van der Waals surface area contributed by atoms with Crippen molar-refractivity contribution < 1.29 is 9.21 Å². The van der Waals surface area contributed by atoms with E-state index in [-0.39, 0.29) is 17.1 Å². The van der Waals surface area contributed by atoms with E-state index in [1.54, 1.807) is 16.7 Å². The number of para-hydroxylation sites is 1. The van der Waals surface area contributed by atoms with Crippen LogP contribution in [-0.4, -0.2) is 21.1 Å². The van der Waals surface area contributed by atoms with Crippen molar-refractivity contribution in [3.8, 4) is 17.0 Å². The third-order valence-corrected chi connectivity index (χ3v) is 6.84. The first-order valence-electron chi connectivity index (χ1n) is 9.99. The van der Waals surface area contributed by atoms with Crippen LogP contribution in [0.1, 0.15) is 16.1 Å². The molecule has 0 aliphatic rings. The Balaban J connectivity index is 1.62. The predicted octanol–water partition coefficient (Wildman–Crippen LogP) is 5.99. The van der Waals surface area contributed by atoms with Crippen molar-refractivity contribution in [2.75, 3.05) is 5.75 Å². The van der Waals surface area contributed by atoms with Gasteiger partial charge in [-0.2, -0.15) is 0 Å². The second kappa shape index (κ2) is 8.61. The Morgan fingerprint density at radius 1 is 1.03 bits per heavy atom. The van der Waals surface area contributed by atoms with Gasteiger partial charge in [0.15, 0.2) is 10.9 Å². The first-order chi connectivity index (χ1) is 15.6. The average molecular weight is 459 g/mol. The monoisotopic (exact) mass is 458 g/mol. The maximum Gasteiger partial charge on any atom is 0.268 e. The zero-order chi connectivity index (χ0) is 22.1. The quantitative estimate of drug-likeness (QED) is 0.178. The highest BCUT2D eigenvalue weighted by Gasteiger charge is 2.20. The lowest BCUT2D eigenvalue weighted by Crippen LogP contribution is -2.22. The van der Waals surface area contributed by atoms with Crippen LogP contribution in [0.2, 0.25) is 0 Å². The molecule has 32 heavy (non-hydrogen) atoms. The maximum absolute atomic E-state index is 13.7. The molecule has 0 saturated heterocycles. The number of hydrogen-bond acceptors (Lipinski definition) is 6. The van der Waals surface area contributed by atoms with Gasteiger partial charge < -0.3 is 4.42 Å². The molecule has 158 valence electrons. The van der Waals surface area contributed by atoms with Gasteiger partial charge in [-0.05, 0) is 31.2 Å². The van der Waals surface area contributed by atoms with Gasteiger partial charge in [0.25, 0.3) is 5.56 Å². The fourth-order valence-electron chi connectivity index (χ4n) is 3.47. The number of nitrogens with zero attached hydrogens (tertiary/aromatic N) is 2. The van der Waals surface area contributed by atoms with Crippen LogP contribution in [0.15, 0.2) is 92.5 Å². The molecule has 0 bridgehead atoms. The van der Waals surface area contributed by atoms with Crippen LogP contribution in [0.5, 0.6) is 0 Å². The van der Waals surface area contributed by atoms with Crippen LogP contribution in [0.3, 0.4) is 0 Å². The van der Waals surface area contributed by atoms with E-state index >= 15 is 0 Å². The van der Waals surface area contributed by atoms with E-state index < -0.39 is 0 Å². The number of carbonyl (C=O) groups excluding carboxylic acids is 1. The highest BCUT2D eigenvalue weighted by Crippen LogP contribution is 2.34. The van der Waals surface area contributed by atoms with Gasteiger partial charge in [0.05, 0.1) is 16.8 Å². The lowest BCUT2D eigenvalue weighted by Gasteiger charge is -2.12. The Bertz CT molecular complexity index is 1470. The summed E-state index contributed by atoms with van der Waals surface area (Å²) in [6, 6.07) is 22.3. The molecule has 0 unspecified atom stereocenters. The zero-order valence-corrected chi connectivity index (χ0v) is 18.8. The fraction of sp³-hybridized carbons (Fsp3) is 0.0800. The highest BCUT2D eigenvalue weighted by atomic mass is 32.2. The molecule has 0 spiro atoms. The number of rotatable bonds is 6. The van der Waals surface area contributed by atoms with Gasteiger partial charge in [0, 0.05) is 16.5 Å². The Morgan fingerprint density at radius 3 is 2.44 bits per heavy atom. The van der Waals surface area contributed by atoms with Crippen molar-refractivity contribution >= 4 is 39.1 Å². The summed E-state index contributed by atoms with van der Waals surface area (Å²) in [7, 11) is 0. The topological polar surface area (TPSA) is 65.1 Å². The third-order valence-electron chi connectivity index (χ3n) is 5.03. The van der Waals surface area contributed by atoms with Gasteiger partial charge in [0.1, 0.15) is 16.4 Å². The number of carbonyl (C=O) groups is 1. The van der Waals surface area contributed by atoms with E-state index in [0.717, 1.165) is 11.3 Å². The molecular weight excluding hydrogens is 440 g/mol. The second-order valence-corrected chi connectivity index (χ2v) is 8.99. The minimum absolute atomic E-state index is 0.0116. The SMILES string of the molecule is Cc1ccc(-c2csc3nc(SCC(=O)c4ccccc4)n(-c4ccccc4)c(=O)c23)o1. The van der Waals surface area contributed by atoms with E-state index in [1.165, 1.54) is 23.1 Å². The van der Waals surface area contributed by atoms with Crippen LogP contribution in [-0.2, 0) is 0 Å². The Labute approximate surface area is 192 Å². The molecule has 0 atom stereocenters. The number of aryl methyl sites for hydroxylation is 1. The molecule has 3 aromatic heterocycles. The standard InChI is InChI=1S/C25H18N2O3S2/c1-16-12-13-21(30-16)19-14-31-23-22(19)24(29)27(18-10-6-3-7-11-18)25(26-23)32-15-20(28)17-8-4-2-5-9-17/h2-14H,15H2,1H3. The lowest BCUT2D eigenvalue weighted by molar-refractivity contribution is 0.102. The molecule has 5 rings (SSSR count). The molecule has 0 amide bonds. The summed E-state index contributed by atoms with van der Waals surface area (Å²) in [5, 5.41) is 2.91. The van der Waals surface area contributed by atoms with Crippen LogP contribution >= 0.6 is 23.1 Å². The molecule has 0 aliphatic heterocycles. The minimum atomic E-state index is -0.179. The fourth-order valence-corrected chi connectivity index (χ4v) is 5.35. The van der Waals surface area contributed by atoms with E-state index in [4.69, 9.17) is 9.40 Å². The summed E-state index contributed by atoms with van der Waals surface area (Å²) >= 11 is 2.67. The lowest BCUT2D eigenvalue weighted by atomic mass is 10.2. The van der Waals surface area contributed by atoms with Crippen molar-refractivity contribution in [2.24, 2.45) is 0 Å². The maximum atomic E-state index is 13.7. The highest BCUT2D eigenvalue weighted by molar-refractivity contribution is 7.99. The van der Waals surface area contributed by atoms with Gasteiger partial charge >= 0.3 is 0 Å². The van der Waals surface area contributed by atoms with E-state index in [9.17, 15) is 9.59 Å². The number of ketones is 1. The molecule has 0 aliphatic carbocycles. The summed E-state index contributed by atoms with van der Waals surface area (Å²) < 4.78 is 7.36. The van der Waals surface area contributed by atoms with Crippen molar-refractivity contribution in [3.63, 3.8) is 0 Å². The van der Waals surface area contributed by atoms with Crippen LogP contribution in [0.4, 0.5) is 0 Å². The molecule has 0 saturated carbocycles. The number of thiophene rings is 1. The third kappa shape index (κ3) is 3.81. The average Bonchev–Trinajstić information content (AvgIpc) is 3.45. The Morgan fingerprint density at radius 2 is 1.75 bits per heavy atom. The van der Waals surface area contributed by atoms with Crippen LogP contribution in [0, 0.1) is 6.92 Å². The molecule has 3 heterocycles. The van der Waals surface area contributed by atoms with Gasteiger partial charge in [0.2, 0.25) is 0 Å². The van der Waals surface area contributed by atoms with E-state index in [1.807, 2.05) is 73.0 Å². The largest absolute Gasteiger partial charge is 0.461 e. The smallest absolute Gasteiger partial charge is 0.268 e. The number of benzene rings is 2. The second-order valence-electron chi connectivity index (χ2n) is 7.19. The minimum Gasteiger partial charge on any atom is -0.461 e. The van der Waals surface area contributed by atoms with Crippen molar-refractivity contribution in [3.05, 3.63) is 99.9 Å². The van der Waals surface area contributed by atoms with Gasteiger partial charge in [-0.3, -0.25) is 14.2 Å². The van der Waals surface area contributed by atoms with Gasteiger partial charge in [-0.1, -0.05) is 60.3 Å². The van der Waals surface area contributed by atoms with Gasteiger partial charge in [-0.25, -0.2) is 4.98 Å². The molecular formula is C25H18N2O3S2. The molecule has 5 aromatic rings. The molecule has 0 fully saturated rings. The van der Waals surface area contributed by atoms with Crippen molar-refractivity contribution in [1.29, 1.82) is 0 Å². The van der Waals surface area contributed by atoms with Crippen molar-refractivity contribution in [2.45, 2.75) is 12.1 Å². The molecule has 5 nitrogen and oxygen atoms in total. The molecule has 2 aromatic carbocycles. The first-order valence-corrected chi connectivity index (χ1v) is 11.9. The summed E-state index contributed by atoms with van der Waals surface area (Å²) in [5.74, 6) is 1.60. The van der Waals surface area contributed by atoms with Crippen LogP contribution < -0.4 is 5.56 Å². The van der Waals surface area contributed by atoms with Crippen molar-refractivity contribution in [1.82, 2.24) is 9.55 Å². The van der Waals surface area contributed by atoms with E-state index in [0.29, 0.717) is 32.4 Å². The Kier molecular flexibility index (Phi) is 5.51. The van der Waals surface area contributed by atoms with Gasteiger partial charge in [-0.15, -0.1) is 11.3 Å². The van der Waals surface area contributed by atoms with E-state index in [2.05, 4.69) is 0 Å². The number of Topliss-reactive ketones (excluding diaryl/α,β-unsaturated/α-hetero) is 1. The summed E-state index contributed by atoms with van der Waals surface area (Å²) in [6.45, 7) is 1.87.